The van der Waals surface area contributed by atoms with Gasteiger partial charge < -0.3 is 14.7 Å². The van der Waals surface area contributed by atoms with E-state index < -0.39 is 11.7 Å². The second kappa shape index (κ2) is 7.43. The minimum atomic E-state index is -0.796. The van der Waals surface area contributed by atoms with Gasteiger partial charge in [-0.25, -0.2) is 4.39 Å². The van der Waals surface area contributed by atoms with Crippen LogP contribution in [0.5, 0.6) is 0 Å². The molecule has 3 nitrogen and oxygen atoms in total. The number of hydrogen-bond donors (Lipinski definition) is 1. The molecule has 0 radical (unpaired) electrons. The van der Waals surface area contributed by atoms with Gasteiger partial charge in [0.25, 0.3) is 0 Å². The second-order valence-corrected chi connectivity index (χ2v) is 6.33. The van der Waals surface area contributed by atoms with E-state index in [1.165, 1.54) is 12.1 Å². The molecule has 0 unspecified atom stereocenters. The van der Waals surface area contributed by atoms with Gasteiger partial charge in [0.05, 0.1) is 12.7 Å². The third-order valence-electron chi connectivity index (χ3n) is 4.89. The summed E-state index contributed by atoms with van der Waals surface area (Å²) in [4.78, 5) is 2.21. The summed E-state index contributed by atoms with van der Waals surface area (Å²) >= 11 is 0. The molecule has 128 valence electrons. The smallest absolute Gasteiger partial charge is 0.123 e. The zero-order chi connectivity index (χ0) is 17.0. The van der Waals surface area contributed by atoms with Gasteiger partial charge in [-0.2, -0.15) is 0 Å². The van der Waals surface area contributed by atoms with E-state index in [4.69, 9.17) is 4.74 Å². The Bertz CT molecular complexity index is 646. The van der Waals surface area contributed by atoms with Crippen molar-refractivity contribution in [1.82, 2.24) is 4.90 Å². The van der Waals surface area contributed by atoms with E-state index in [0.717, 1.165) is 24.2 Å². The highest BCUT2D eigenvalue weighted by Crippen LogP contribution is 2.38. The third-order valence-corrected chi connectivity index (χ3v) is 4.89. The van der Waals surface area contributed by atoms with Crippen molar-refractivity contribution < 1.29 is 14.2 Å². The molecule has 1 heterocycles. The van der Waals surface area contributed by atoms with E-state index >= 15 is 0 Å². The molecule has 2 atom stereocenters. The van der Waals surface area contributed by atoms with Gasteiger partial charge in [-0.05, 0) is 36.2 Å². The lowest BCUT2D eigenvalue weighted by molar-refractivity contribution is -0.170. The lowest BCUT2D eigenvalue weighted by atomic mass is 9.81. The summed E-state index contributed by atoms with van der Waals surface area (Å²) < 4.78 is 19.6. The Labute approximate surface area is 142 Å². The zero-order valence-electron chi connectivity index (χ0n) is 14.0. The number of nitrogens with zero attached hydrogens (tertiary/aromatic N) is 1. The second-order valence-electron chi connectivity index (χ2n) is 6.33. The number of halogens is 1. The number of likely N-dealkylation sites (tertiary alicyclic amines) is 1. The molecule has 0 aromatic heterocycles. The maximum atomic E-state index is 13.3. The zero-order valence-corrected chi connectivity index (χ0v) is 14.0. The Balaban J connectivity index is 1.87. The van der Waals surface area contributed by atoms with E-state index in [2.05, 4.69) is 11.8 Å². The van der Waals surface area contributed by atoms with E-state index in [1.54, 1.807) is 12.1 Å². The monoisotopic (exact) mass is 329 g/mol. The summed E-state index contributed by atoms with van der Waals surface area (Å²) in [7, 11) is 0. The number of likely N-dealkylation sites (N-methyl/N-ethyl adjacent to an activating group) is 1. The fourth-order valence-corrected chi connectivity index (χ4v) is 3.37. The van der Waals surface area contributed by atoms with Gasteiger partial charge in [-0.3, -0.25) is 0 Å². The van der Waals surface area contributed by atoms with Crippen LogP contribution in [-0.4, -0.2) is 35.7 Å². The Hall–Kier alpha value is -1.75. The molecule has 0 saturated carbocycles. The van der Waals surface area contributed by atoms with Crippen LogP contribution in [0.2, 0.25) is 0 Å². The van der Waals surface area contributed by atoms with Crippen LogP contribution in [0.1, 0.15) is 24.5 Å². The fourth-order valence-electron chi connectivity index (χ4n) is 3.37. The standard InChI is InChI=1S/C20H24FNO2/c1-2-22-13-12-20(19(23)14-22,17-8-10-18(21)11-9-17)24-15-16-6-4-3-5-7-16/h3-11,19,23H,2,12-15H2,1H3/t19-,20-/m1/s1. The van der Waals surface area contributed by atoms with Crippen molar-refractivity contribution in [1.29, 1.82) is 0 Å². The Morgan fingerprint density at radius 1 is 1.17 bits per heavy atom. The third kappa shape index (κ3) is 3.51. The van der Waals surface area contributed by atoms with Crippen LogP contribution in [-0.2, 0) is 16.9 Å². The van der Waals surface area contributed by atoms with Crippen LogP contribution in [0, 0.1) is 5.82 Å². The number of rotatable bonds is 5. The molecule has 2 aromatic rings. The van der Waals surface area contributed by atoms with Crippen LogP contribution in [0.3, 0.4) is 0 Å². The number of aliphatic hydroxyl groups is 1. The molecule has 1 fully saturated rings. The van der Waals surface area contributed by atoms with Crippen LogP contribution in [0.4, 0.5) is 4.39 Å². The quantitative estimate of drug-likeness (QED) is 0.913. The molecule has 4 heteroatoms. The first-order chi connectivity index (χ1) is 11.6. The average molecular weight is 329 g/mol. The highest BCUT2D eigenvalue weighted by atomic mass is 19.1. The van der Waals surface area contributed by atoms with Gasteiger partial charge in [0.2, 0.25) is 0 Å². The van der Waals surface area contributed by atoms with E-state index in [1.807, 2.05) is 30.3 Å². The Morgan fingerprint density at radius 2 is 1.88 bits per heavy atom. The Kier molecular flexibility index (Phi) is 5.29. The molecule has 0 spiro atoms. The van der Waals surface area contributed by atoms with Gasteiger partial charge in [-0.1, -0.05) is 49.4 Å². The lowest BCUT2D eigenvalue weighted by Crippen LogP contribution is -2.54. The molecule has 0 bridgehead atoms. The molecule has 1 aliphatic rings. The summed E-state index contributed by atoms with van der Waals surface area (Å²) in [5.74, 6) is -0.280. The van der Waals surface area contributed by atoms with E-state index in [9.17, 15) is 9.50 Å². The van der Waals surface area contributed by atoms with Gasteiger partial charge in [-0.15, -0.1) is 0 Å². The molecular weight excluding hydrogens is 305 g/mol. The first-order valence-electron chi connectivity index (χ1n) is 8.48. The number of hydrogen-bond acceptors (Lipinski definition) is 3. The summed E-state index contributed by atoms with van der Waals surface area (Å²) in [6.45, 7) is 4.81. The van der Waals surface area contributed by atoms with Crippen LogP contribution in [0.15, 0.2) is 54.6 Å². The summed E-state index contributed by atoms with van der Waals surface area (Å²) in [6, 6.07) is 16.2. The molecular formula is C20H24FNO2. The molecule has 0 aliphatic carbocycles. The number of piperidine rings is 1. The van der Waals surface area contributed by atoms with Gasteiger partial charge >= 0.3 is 0 Å². The van der Waals surface area contributed by atoms with Crippen molar-refractivity contribution in [3.8, 4) is 0 Å². The lowest BCUT2D eigenvalue weighted by Gasteiger charge is -2.45. The number of ether oxygens (including phenoxy) is 1. The molecule has 0 amide bonds. The predicted octanol–water partition coefficient (Wildman–Crippen LogP) is 3.32. The number of aliphatic hydroxyl groups excluding tert-OH is 1. The van der Waals surface area contributed by atoms with Crippen molar-refractivity contribution in [3.63, 3.8) is 0 Å². The van der Waals surface area contributed by atoms with E-state index in [0.29, 0.717) is 19.6 Å². The fraction of sp³-hybridized carbons (Fsp3) is 0.400. The summed E-state index contributed by atoms with van der Waals surface area (Å²) in [5.41, 5.74) is 1.10. The molecule has 1 N–H and O–H groups in total. The highest BCUT2D eigenvalue weighted by Gasteiger charge is 2.44. The molecule has 1 aliphatic heterocycles. The maximum absolute atomic E-state index is 13.3. The molecule has 24 heavy (non-hydrogen) atoms. The van der Waals surface area contributed by atoms with E-state index in [-0.39, 0.29) is 5.82 Å². The average Bonchev–Trinajstić information content (AvgIpc) is 2.62. The van der Waals surface area contributed by atoms with Crippen LogP contribution in [0.25, 0.3) is 0 Å². The predicted molar refractivity (Wildman–Crippen MR) is 92.0 cm³/mol. The first-order valence-corrected chi connectivity index (χ1v) is 8.48. The van der Waals surface area contributed by atoms with Crippen molar-refractivity contribution in [3.05, 3.63) is 71.5 Å². The van der Waals surface area contributed by atoms with Crippen molar-refractivity contribution in [2.75, 3.05) is 19.6 Å². The summed E-state index contributed by atoms with van der Waals surface area (Å²) in [6.07, 6.45) is 0.0286. The largest absolute Gasteiger partial charge is 0.388 e. The molecule has 3 rings (SSSR count). The topological polar surface area (TPSA) is 32.7 Å². The van der Waals surface area contributed by atoms with Crippen LogP contribution >= 0.6 is 0 Å². The van der Waals surface area contributed by atoms with Gasteiger partial charge in [0.15, 0.2) is 0 Å². The number of benzene rings is 2. The number of β-amino-alcohol motifs (C(OH)–C–C–N with tert-alkyl or cyclic N) is 1. The van der Waals surface area contributed by atoms with Crippen molar-refractivity contribution >= 4 is 0 Å². The summed E-state index contributed by atoms with van der Waals surface area (Å²) in [5, 5.41) is 10.9. The Morgan fingerprint density at radius 3 is 2.50 bits per heavy atom. The molecule has 2 aromatic carbocycles. The first kappa shape index (κ1) is 17.1. The minimum Gasteiger partial charge on any atom is -0.388 e. The van der Waals surface area contributed by atoms with Gasteiger partial charge in [0, 0.05) is 13.1 Å². The van der Waals surface area contributed by atoms with Gasteiger partial charge in [0.1, 0.15) is 11.4 Å². The minimum absolute atomic E-state index is 0.280. The van der Waals surface area contributed by atoms with Crippen molar-refractivity contribution in [2.45, 2.75) is 31.7 Å². The van der Waals surface area contributed by atoms with Crippen LogP contribution < -0.4 is 0 Å². The molecule has 1 saturated heterocycles. The highest BCUT2D eigenvalue weighted by molar-refractivity contribution is 5.26. The normalized spacial score (nSPS) is 24.9. The SMILES string of the molecule is CCN1CC[C@@](OCc2ccccc2)(c2ccc(F)cc2)[C@H](O)C1. The van der Waals surface area contributed by atoms with Crippen molar-refractivity contribution in [2.24, 2.45) is 0 Å². The maximum Gasteiger partial charge on any atom is 0.123 e.